The maximum Gasteiger partial charge on any atom is 0.271 e. The van der Waals surface area contributed by atoms with Crippen molar-refractivity contribution in [2.24, 2.45) is 0 Å². The first-order valence-corrected chi connectivity index (χ1v) is 13.2. The van der Waals surface area contributed by atoms with Gasteiger partial charge in [0.05, 0.1) is 9.52 Å². The third-order valence-corrected chi connectivity index (χ3v) is 11.6. The standard InChI is InChI=1S/C16H37NO3Si2/c1-6-18-16(5,19-7-2)21-14-10-12-17-13-11-15-22(17,9-4)20-8-3/h6-15,21H2,1-5H3. The van der Waals surface area contributed by atoms with Crippen LogP contribution in [0.5, 0.6) is 0 Å². The van der Waals surface area contributed by atoms with Crippen LogP contribution in [-0.2, 0) is 13.9 Å². The van der Waals surface area contributed by atoms with Crippen molar-refractivity contribution in [3.05, 3.63) is 0 Å². The summed E-state index contributed by atoms with van der Waals surface area (Å²) in [6.07, 6.45) is 2.59. The molecule has 0 spiro atoms. The van der Waals surface area contributed by atoms with Gasteiger partial charge in [-0.25, -0.2) is 0 Å². The van der Waals surface area contributed by atoms with Gasteiger partial charge in [-0.05, 0) is 65.7 Å². The zero-order chi connectivity index (χ0) is 16.5. The summed E-state index contributed by atoms with van der Waals surface area (Å²) in [6, 6.07) is 3.84. The second-order valence-electron chi connectivity index (χ2n) is 6.28. The van der Waals surface area contributed by atoms with Crippen molar-refractivity contribution in [3.8, 4) is 0 Å². The van der Waals surface area contributed by atoms with Gasteiger partial charge in [-0.1, -0.05) is 13.0 Å². The van der Waals surface area contributed by atoms with Crippen molar-refractivity contribution in [2.45, 2.75) is 71.0 Å². The van der Waals surface area contributed by atoms with Crippen molar-refractivity contribution in [3.63, 3.8) is 0 Å². The van der Waals surface area contributed by atoms with Crippen molar-refractivity contribution in [2.75, 3.05) is 32.9 Å². The van der Waals surface area contributed by atoms with Gasteiger partial charge in [0.2, 0.25) is 0 Å². The molecule has 0 aromatic heterocycles. The Morgan fingerprint density at radius 3 is 2.32 bits per heavy atom. The van der Waals surface area contributed by atoms with Crippen molar-refractivity contribution in [1.29, 1.82) is 0 Å². The third kappa shape index (κ3) is 5.72. The maximum atomic E-state index is 6.25. The summed E-state index contributed by atoms with van der Waals surface area (Å²) in [5, 5.41) is 0. The minimum atomic E-state index is -1.58. The van der Waals surface area contributed by atoms with Crippen LogP contribution in [0.4, 0.5) is 0 Å². The Labute approximate surface area is 140 Å². The van der Waals surface area contributed by atoms with Crippen molar-refractivity contribution in [1.82, 2.24) is 4.57 Å². The summed E-state index contributed by atoms with van der Waals surface area (Å²) >= 11 is 0. The van der Waals surface area contributed by atoms with E-state index < -0.39 is 8.48 Å². The Kier molecular flexibility index (Phi) is 9.42. The third-order valence-electron chi connectivity index (χ3n) is 4.75. The number of ether oxygens (including phenoxy) is 2. The van der Waals surface area contributed by atoms with E-state index in [0.29, 0.717) is 0 Å². The van der Waals surface area contributed by atoms with Gasteiger partial charge in [0.25, 0.3) is 8.48 Å². The summed E-state index contributed by atoms with van der Waals surface area (Å²) < 4.78 is 20.7. The average molecular weight is 348 g/mol. The molecule has 0 bridgehead atoms. The Hall–Kier alpha value is 0.274. The lowest BCUT2D eigenvalue weighted by molar-refractivity contribution is -0.163. The van der Waals surface area contributed by atoms with Gasteiger partial charge >= 0.3 is 0 Å². The van der Waals surface area contributed by atoms with Gasteiger partial charge in [-0.15, -0.1) is 0 Å². The van der Waals surface area contributed by atoms with E-state index in [4.69, 9.17) is 13.9 Å². The van der Waals surface area contributed by atoms with Crippen molar-refractivity contribution < 1.29 is 13.9 Å². The van der Waals surface area contributed by atoms with E-state index in [9.17, 15) is 0 Å². The Morgan fingerprint density at radius 1 is 1.09 bits per heavy atom. The molecule has 132 valence electrons. The average Bonchev–Trinajstić information content (AvgIpc) is 2.88. The lowest BCUT2D eigenvalue weighted by Gasteiger charge is -2.35. The van der Waals surface area contributed by atoms with Gasteiger partial charge < -0.3 is 18.5 Å². The van der Waals surface area contributed by atoms with Crippen LogP contribution in [0, 0.1) is 0 Å². The molecule has 1 fully saturated rings. The van der Waals surface area contributed by atoms with E-state index in [1.165, 1.54) is 44.1 Å². The van der Waals surface area contributed by atoms with Crippen LogP contribution in [0.15, 0.2) is 0 Å². The highest BCUT2D eigenvalue weighted by Gasteiger charge is 2.43. The van der Waals surface area contributed by atoms with E-state index in [1.54, 1.807) is 0 Å². The molecule has 1 saturated heterocycles. The molecule has 0 aromatic carbocycles. The summed E-state index contributed by atoms with van der Waals surface area (Å²) in [4.78, 5) is 0. The highest BCUT2D eigenvalue weighted by molar-refractivity contribution is 6.71. The minimum absolute atomic E-state index is 0.270. The predicted molar refractivity (Wildman–Crippen MR) is 98.5 cm³/mol. The molecule has 0 aliphatic carbocycles. The highest BCUT2D eigenvalue weighted by atomic mass is 28.4. The van der Waals surface area contributed by atoms with Crippen LogP contribution >= 0.6 is 0 Å². The first-order valence-electron chi connectivity index (χ1n) is 9.22. The lowest BCUT2D eigenvalue weighted by Crippen LogP contribution is -2.51. The molecule has 0 radical (unpaired) electrons. The molecule has 0 aromatic rings. The first kappa shape index (κ1) is 20.3. The van der Waals surface area contributed by atoms with E-state index in [1.807, 2.05) is 0 Å². The highest BCUT2D eigenvalue weighted by Crippen LogP contribution is 2.30. The second-order valence-corrected chi connectivity index (χ2v) is 12.8. The van der Waals surface area contributed by atoms with Gasteiger partial charge in [0.15, 0.2) is 0 Å². The molecule has 1 unspecified atom stereocenters. The van der Waals surface area contributed by atoms with E-state index in [0.717, 1.165) is 19.8 Å². The molecule has 4 nitrogen and oxygen atoms in total. The zero-order valence-corrected chi connectivity index (χ0v) is 17.9. The van der Waals surface area contributed by atoms with E-state index in [2.05, 4.69) is 39.2 Å². The number of nitrogens with zero attached hydrogens (tertiary/aromatic N) is 1. The molecule has 0 N–H and O–H groups in total. The SMILES string of the molecule is CCOC(C)(OCC)[SiH2]CCCN1CCC[Si]1(CC)OCC. The monoisotopic (exact) mass is 347 g/mol. The predicted octanol–water partition coefficient (Wildman–Crippen LogP) is 2.91. The topological polar surface area (TPSA) is 30.9 Å². The van der Waals surface area contributed by atoms with Crippen LogP contribution in [0.3, 0.4) is 0 Å². The molecule has 6 heteroatoms. The second kappa shape index (κ2) is 10.2. The Morgan fingerprint density at radius 2 is 1.77 bits per heavy atom. The van der Waals surface area contributed by atoms with E-state index >= 15 is 0 Å². The maximum absolute atomic E-state index is 6.25. The molecular formula is C16H37NO3Si2. The fraction of sp³-hybridized carbons (Fsp3) is 1.00. The summed E-state index contributed by atoms with van der Waals surface area (Å²) in [7, 11) is -1.96. The van der Waals surface area contributed by atoms with E-state index in [-0.39, 0.29) is 14.9 Å². The molecule has 1 heterocycles. The quantitative estimate of drug-likeness (QED) is 0.308. The lowest BCUT2D eigenvalue weighted by atomic mass is 10.4. The van der Waals surface area contributed by atoms with Crippen LogP contribution in [-0.4, -0.2) is 60.9 Å². The number of rotatable bonds is 12. The molecule has 22 heavy (non-hydrogen) atoms. The van der Waals surface area contributed by atoms with Crippen LogP contribution in [0.25, 0.3) is 0 Å². The van der Waals surface area contributed by atoms with Crippen LogP contribution in [0.2, 0.25) is 18.1 Å². The molecule has 1 atom stereocenters. The zero-order valence-electron chi connectivity index (χ0n) is 15.5. The summed E-state index contributed by atoms with van der Waals surface area (Å²) in [5.74, 6) is 0. The molecular weight excluding hydrogens is 310 g/mol. The molecule has 0 amide bonds. The Bertz CT molecular complexity index is 301. The summed E-state index contributed by atoms with van der Waals surface area (Å²) in [6.45, 7) is 15.5. The van der Waals surface area contributed by atoms with Gasteiger partial charge in [-0.2, -0.15) is 0 Å². The van der Waals surface area contributed by atoms with Gasteiger partial charge in [0, 0.05) is 19.8 Å². The van der Waals surface area contributed by atoms with Gasteiger partial charge in [0.1, 0.15) is 5.41 Å². The number of hydrogen-bond acceptors (Lipinski definition) is 4. The minimum Gasteiger partial charge on any atom is -0.403 e. The van der Waals surface area contributed by atoms with Crippen LogP contribution < -0.4 is 0 Å². The molecule has 1 aliphatic rings. The fourth-order valence-corrected chi connectivity index (χ4v) is 9.54. The first-order chi connectivity index (χ1) is 10.6. The molecule has 0 saturated carbocycles. The number of hydrogen-bond donors (Lipinski definition) is 0. The fourth-order valence-electron chi connectivity index (χ4n) is 3.70. The summed E-state index contributed by atoms with van der Waals surface area (Å²) in [5.41, 5.74) is -0.270. The van der Waals surface area contributed by atoms with Crippen LogP contribution in [0.1, 0.15) is 47.5 Å². The molecule has 1 rings (SSSR count). The van der Waals surface area contributed by atoms with Gasteiger partial charge in [-0.3, -0.25) is 0 Å². The normalized spacial score (nSPS) is 23.9. The Balaban J connectivity index is 2.39. The smallest absolute Gasteiger partial charge is 0.271 e. The van der Waals surface area contributed by atoms with Crippen molar-refractivity contribution >= 4 is 18.0 Å². The largest absolute Gasteiger partial charge is 0.403 e. The molecule has 1 aliphatic heterocycles.